The molecule has 0 N–H and O–H groups in total. The van der Waals surface area contributed by atoms with Crippen molar-refractivity contribution in [2.45, 2.75) is 6.61 Å². The van der Waals surface area contributed by atoms with Crippen molar-refractivity contribution in [1.29, 1.82) is 0 Å². The van der Waals surface area contributed by atoms with Gasteiger partial charge in [0.15, 0.2) is 0 Å². The van der Waals surface area contributed by atoms with Crippen LogP contribution in [0.4, 0.5) is 10.6 Å². The van der Waals surface area contributed by atoms with E-state index < -0.39 is 0 Å². The second kappa shape index (κ2) is 6.33. The first kappa shape index (κ1) is 13.5. The molecule has 104 valence electrons. The van der Waals surface area contributed by atoms with Gasteiger partial charge in [-0.3, -0.25) is 0 Å². The largest absolute Gasteiger partial charge is 0.453 e. The van der Waals surface area contributed by atoms with Crippen molar-refractivity contribution in [3.8, 4) is 0 Å². The molecule has 0 spiro atoms. The first-order valence-corrected chi connectivity index (χ1v) is 6.12. The van der Waals surface area contributed by atoms with Gasteiger partial charge in [-0.2, -0.15) is 0 Å². The minimum Gasteiger partial charge on any atom is -0.453 e. The van der Waals surface area contributed by atoms with Gasteiger partial charge in [0.1, 0.15) is 12.1 Å². The lowest BCUT2D eigenvalue weighted by molar-refractivity contribution is 0.121. The topological polar surface area (TPSA) is 67.8 Å². The Balaban J connectivity index is 1.97. The fourth-order valence-corrected chi connectivity index (χ4v) is 2.03. The highest BCUT2D eigenvalue weighted by Crippen LogP contribution is 2.14. The fourth-order valence-electron chi connectivity index (χ4n) is 2.03. The molecule has 0 radical (unpaired) electrons. The minimum absolute atomic E-state index is 0.276. The Morgan fingerprint density at radius 3 is 2.63 bits per heavy atom. The van der Waals surface area contributed by atoms with Crippen molar-refractivity contribution in [1.82, 2.24) is 14.9 Å². The number of aromatic nitrogens is 2. The van der Waals surface area contributed by atoms with Gasteiger partial charge in [-0.15, -0.1) is 0 Å². The Bertz CT molecular complexity index is 433. The van der Waals surface area contributed by atoms with Crippen LogP contribution in [0.3, 0.4) is 0 Å². The molecular weight excluding hydrogens is 248 g/mol. The second-order valence-electron chi connectivity index (χ2n) is 4.24. The summed E-state index contributed by atoms with van der Waals surface area (Å²) in [7, 11) is 3.03. The Morgan fingerprint density at radius 1 is 1.26 bits per heavy atom. The molecule has 7 nitrogen and oxygen atoms in total. The summed E-state index contributed by atoms with van der Waals surface area (Å²) in [6.45, 7) is 3.21. The smallest absolute Gasteiger partial charge is 0.409 e. The third-order valence-electron chi connectivity index (χ3n) is 3.04. The highest BCUT2D eigenvalue weighted by molar-refractivity contribution is 5.67. The van der Waals surface area contributed by atoms with E-state index in [1.165, 1.54) is 13.4 Å². The van der Waals surface area contributed by atoms with Crippen LogP contribution in [0.2, 0.25) is 0 Å². The number of carbonyl (C=O) groups is 1. The molecule has 19 heavy (non-hydrogen) atoms. The lowest BCUT2D eigenvalue weighted by Gasteiger charge is -2.34. The van der Waals surface area contributed by atoms with Gasteiger partial charge < -0.3 is 19.3 Å². The van der Waals surface area contributed by atoms with Crippen LogP contribution in [0, 0.1) is 0 Å². The summed E-state index contributed by atoms with van der Waals surface area (Å²) in [6, 6.07) is 1.91. The van der Waals surface area contributed by atoms with E-state index in [1.807, 2.05) is 6.07 Å². The van der Waals surface area contributed by atoms with Crippen molar-refractivity contribution >= 4 is 11.9 Å². The molecule has 1 saturated heterocycles. The van der Waals surface area contributed by atoms with Gasteiger partial charge in [-0.1, -0.05) is 0 Å². The van der Waals surface area contributed by atoms with Crippen LogP contribution in [0.25, 0.3) is 0 Å². The lowest BCUT2D eigenvalue weighted by Crippen LogP contribution is -2.49. The molecule has 2 heterocycles. The van der Waals surface area contributed by atoms with Gasteiger partial charge in [0.25, 0.3) is 0 Å². The molecule has 1 aromatic heterocycles. The maximum Gasteiger partial charge on any atom is 0.409 e. The molecule has 2 rings (SSSR count). The standard InChI is InChI=1S/C12H18N4O3/c1-18-8-10-7-11(14-9-13-10)15-3-5-16(6-4-15)12(17)19-2/h7,9H,3-6,8H2,1-2H3. The molecule has 1 aliphatic heterocycles. The highest BCUT2D eigenvalue weighted by Gasteiger charge is 2.22. The fraction of sp³-hybridized carbons (Fsp3) is 0.583. The molecule has 1 aromatic rings. The number of piperazine rings is 1. The van der Waals surface area contributed by atoms with Crippen LogP contribution in [0.1, 0.15) is 5.69 Å². The zero-order valence-electron chi connectivity index (χ0n) is 11.2. The number of anilines is 1. The van der Waals surface area contributed by atoms with Crippen LogP contribution in [-0.2, 0) is 16.1 Å². The van der Waals surface area contributed by atoms with Crippen LogP contribution in [0.15, 0.2) is 12.4 Å². The lowest BCUT2D eigenvalue weighted by atomic mass is 10.3. The molecule has 1 fully saturated rings. The summed E-state index contributed by atoms with van der Waals surface area (Å²) in [6.07, 6.45) is 1.26. The van der Waals surface area contributed by atoms with E-state index in [9.17, 15) is 4.79 Å². The van der Waals surface area contributed by atoms with Gasteiger partial charge in [-0.25, -0.2) is 14.8 Å². The number of hydrogen-bond acceptors (Lipinski definition) is 6. The van der Waals surface area contributed by atoms with Gasteiger partial charge in [0, 0.05) is 39.4 Å². The van der Waals surface area contributed by atoms with Crippen LogP contribution >= 0.6 is 0 Å². The van der Waals surface area contributed by atoms with E-state index in [-0.39, 0.29) is 6.09 Å². The molecule has 0 atom stereocenters. The molecular formula is C12H18N4O3. The third-order valence-corrected chi connectivity index (χ3v) is 3.04. The molecule has 0 aromatic carbocycles. The van der Waals surface area contributed by atoms with E-state index in [1.54, 1.807) is 12.0 Å². The normalized spacial score (nSPS) is 15.5. The SMILES string of the molecule is COCc1cc(N2CCN(C(=O)OC)CC2)ncn1. The van der Waals surface area contributed by atoms with Gasteiger partial charge in [0.05, 0.1) is 19.4 Å². The van der Waals surface area contributed by atoms with Crippen LogP contribution in [-0.4, -0.2) is 61.4 Å². The minimum atomic E-state index is -0.276. The summed E-state index contributed by atoms with van der Waals surface area (Å²) in [5.74, 6) is 0.867. The van der Waals surface area contributed by atoms with Crippen LogP contribution in [0.5, 0.6) is 0 Å². The van der Waals surface area contributed by atoms with Gasteiger partial charge >= 0.3 is 6.09 Å². The predicted octanol–water partition coefficient (Wildman–Crippen LogP) is 0.511. The summed E-state index contributed by atoms with van der Waals surface area (Å²) in [4.78, 5) is 23.6. The van der Waals surface area contributed by atoms with Crippen molar-refractivity contribution < 1.29 is 14.3 Å². The Labute approximate surface area is 112 Å². The average Bonchev–Trinajstić information content (AvgIpc) is 2.47. The number of hydrogen-bond donors (Lipinski definition) is 0. The summed E-state index contributed by atoms with van der Waals surface area (Å²) >= 11 is 0. The molecule has 0 aliphatic carbocycles. The van der Waals surface area contributed by atoms with Gasteiger partial charge in [-0.05, 0) is 0 Å². The highest BCUT2D eigenvalue weighted by atomic mass is 16.5. The van der Waals surface area contributed by atoms with Crippen molar-refractivity contribution in [2.75, 3.05) is 45.3 Å². The van der Waals surface area contributed by atoms with E-state index in [4.69, 9.17) is 9.47 Å². The average molecular weight is 266 g/mol. The Kier molecular flexibility index (Phi) is 4.51. The predicted molar refractivity (Wildman–Crippen MR) is 68.9 cm³/mol. The molecule has 0 unspecified atom stereocenters. The number of ether oxygens (including phenoxy) is 2. The number of carbonyl (C=O) groups excluding carboxylic acids is 1. The van der Waals surface area contributed by atoms with E-state index >= 15 is 0 Å². The second-order valence-corrected chi connectivity index (χ2v) is 4.24. The zero-order chi connectivity index (χ0) is 13.7. The quantitative estimate of drug-likeness (QED) is 0.794. The maximum atomic E-state index is 11.4. The number of nitrogens with zero attached hydrogens (tertiary/aromatic N) is 4. The third kappa shape index (κ3) is 3.31. The molecule has 0 bridgehead atoms. The molecule has 0 saturated carbocycles. The Hall–Kier alpha value is -1.89. The van der Waals surface area contributed by atoms with E-state index in [0.717, 1.165) is 24.6 Å². The molecule has 1 aliphatic rings. The van der Waals surface area contributed by atoms with E-state index in [2.05, 4.69) is 14.9 Å². The number of methoxy groups -OCH3 is 2. The first-order valence-electron chi connectivity index (χ1n) is 6.12. The summed E-state index contributed by atoms with van der Waals surface area (Å²) in [5, 5.41) is 0. The Morgan fingerprint density at radius 2 is 2.00 bits per heavy atom. The van der Waals surface area contributed by atoms with Crippen LogP contribution < -0.4 is 4.90 Å². The van der Waals surface area contributed by atoms with Crippen molar-refractivity contribution in [3.05, 3.63) is 18.1 Å². The zero-order valence-corrected chi connectivity index (χ0v) is 11.2. The maximum absolute atomic E-state index is 11.4. The molecule has 1 amide bonds. The summed E-state index contributed by atoms with van der Waals surface area (Å²) < 4.78 is 9.76. The van der Waals surface area contributed by atoms with Gasteiger partial charge in [0.2, 0.25) is 0 Å². The monoisotopic (exact) mass is 266 g/mol. The molecule has 7 heteroatoms. The van der Waals surface area contributed by atoms with Crippen molar-refractivity contribution in [3.63, 3.8) is 0 Å². The number of rotatable bonds is 3. The van der Waals surface area contributed by atoms with E-state index in [0.29, 0.717) is 19.7 Å². The summed E-state index contributed by atoms with van der Waals surface area (Å²) in [5.41, 5.74) is 0.850. The van der Waals surface area contributed by atoms with Crippen molar-refractivity contribution in [2.24, 2.45) is 0 Å². The first-order chi connectivity index (χ1) is 9.24. The number of amides is 1.